The SMILES string of the molecule is Cc1cccc(COc2cccc(CNC(=O)c3ccccc3N)c2)c1. The third-order valence-corrected chi connectivity index (χ3v) is 4.04. The first-order valence-corrected chi connectivity index (χ1v) is 8.52. The van der Waals surface area contributed by atoms with E-state index in [1.165, 1.54) is 5.56 Å². The van der Waals surface area contributed by atoms with Gasteiger partial charge in [0.15, 0.2) is 0 Å². The van der Waals surface area contributed by atoms with E-state index < -0.39 is 0 Å². The minimum Gasteiger partial charge on any atom is -0.489 e. The van der Waals surface area contributed by atoms with Crippen molar-refractivity contribution in [3.8, 4) is 5.75 Å². The van der Waals surface area contributed by atoms with Crippen LogP contribution in [0.4, 0.5) is 5.69 Å². The zero-order valence-electron chi connectivity index (χ0n) is 14.7. The molecule has 0 fully saturated rings. The minimum absolute atomic E-state index is 0.186. The Morgan fingerprint density at radius 2 is 1.73 bits per heavy atom. The molecule has 26 heavy (non-hydrogen) atoms. The number of ether oxygens (including phenoxy) is 1. The van der Waals surface area contributed by atoms with Crippen LogP contribution in [0.3, 0.4) is 0 Å². The van der Waals surface area contributed by atoms with Crippen molar-refractivity contribution in [3.63, 3.8) is 0 Å². The standard InChI is InChI=1S/C22H22N2O2/c1-16-6-4-8-18(12-16)15-26-19-9-5-7-17(13-19)14-24-22(25)20-10-2-3-11-21(20)23/h2-13H,14-15,23H2,1H3,(H,24,25). The zero-order valence-corrected chi connectivity index (χ0v) is 14.7. The largest absolute Gasteiger partial charge is 0.489 e. The van der Waals surface area contributed by atoms with E-state index in [4.69, 9.17) is 10.5 Å². The number of hydrogen-bond donors (Lipinski definition) is 2. The second-order valence-electron chi connectivity index (χ2n) is 6.20. The molecule has 0 radical (unpaired) electrons. The summed E-state index contributed by atoms with van der Waals surface area (Å²) in [6.45, 7) is 2.99. The number of nitrogens with two attached hydrogens (primary N) is 1. The molecule has 0 spiro atoms. The monoisotopic (exact) mass is 346 g/mol. The predicted octanol–water partition coefficient (Wildman–Crippen LogP) is 4.09. The Hall–Kier alpha value is -3.27. The second-order valence-corrected chi connectivity index (χ2v) is 6.20. The van der Waals surface area contributed by atoms with E-state index in [0.29, 0.717) is 24.4 Å². The zero-order chi connectivity index (χ0) is 18.4. The number of benzene rings is 3. The highest BCUT2D eigenvalue weighted by Crippen LogP contribution is 2.16. The molecule has 0 atom stereocenters. The van der Waals surface area contributed by atoms with Crippen molar-refractivity contribution in [1.29, 1.82) is 0 Å². The smallest absolute Gasteiger partial charge is 0.253 e. The summed E-state index contributed by atoms with van der Waals surface area (Å²) < 4.78 is 5.87. The molecule has 3 aromatic rings. The van der Waals surface area contributed by atoms with Crippen LogP contribution in [-0.2, 0) is 13.2 Å². The first kappa shape index (κ1) is 17.5. The number of nitrogens with one attached hydrogen (secondary N) is 1. The van der Waals surface area contributed by atoms with Crippen LogP contribution < -0.4 is 15.8 Å². The van der Waals surface area contributed by atoms with Crippen LogP contribution in [0.15, 0.2) is 72.8 Å². The number of nitrogen functional groups attached to an aromatic ring is 1. The van der Waals surface area contributed by atoms with Crippen LogP contribution in [0, 0.1) is 6.92 Å². The number of aryl methyl sites for hydroxylation is 1. The first-order valence-electron chi connectivity index (χ1n) is 8.52. The van der Waals surface area contributed by atoms with Crippen molar-refractivity contribution >= 4 is 11.6 Å². The molecule has 0 heterocycles. The first-order chi connectivity index (χ1) is 12.6. The van der Waals surface area contributed by atoms with Crippen molar-refractivity contribution in [2.75, 3.05) is 5.73 Å². The minimum atomic E-state index is -0.186. The van der Waals surface area contributed by atoms with Crippen molar-refractivity contribution < 1.29 is 9.53 Å². The van der Waals surface area contributed by atoms with Gasteiger partial charge in [-0.15, -0.1) is 0 Å². The molecule has 1 amide bonds. The highest BCUT2D eigenvalue weighted by atomic mass is 16.5. The fourth-order valence-electron chi connectivity index (χ4n) is 2.70. The maximum atomic E-state index is 12.2. The molecule has 0 aromatic heterocycles. The van der Waals surface area contributed by atoms with Gasteiger partial charge < -0.3 is 15.8 Å². The van der Waals surface area contributed by atoms with Crippen LogP contribution in [0.1, 0.15) is 27.0 Å². The lowest BCUT2D eigenvalue weighted by Crippen LogP contribution is -2.23. The lowest BCUT2D eigenvalue weighted by molar-refractivity contribution is 0.0951. The van der Waals surface area contributed by atoms with Gasteiger partial charge in [0, 0.05) is 12.2 Å². The highest BCUT2D eigenvalue weighted by Gasteiger charge is 2.08. The number of anilines is 1. The summed E-state index contributed by atoms with van der Waals surface area (Å²) in [6, 6.07) is 23.0. The number of amides is 1. The average molecular weight is 346 g/mol. The molecule has 0 saturated heterocycles. The van der Waals surface area contributed by atoms with Gasteiger partial charge in [0.1, 0.15) is 12.4 Å². The van der Waals surface area contributed by atoms with Gasteiger partial charge in [-0.25, -0.2) is 0 Å². The molecule has 0 bridgehead atoms. The lowest BCUT2D eigenvalue weighted by Gasteiger charge is -2.10. The molecule has 4 heteroatoms. The number of rotatable bonds is 6. The Balaban J connectivity index is 1.59. The maximum Gasteiger partial charge on any atom is 0.253 e. The number of carbonyl (C=O) groups excluding carboxylic acids is 1. The summed E-state index contributed by atoms with van der Waals surface area (Å²) in [5.41, 5.74) is 10.1. The Morgan fingerprint density at radius 3 is 2.54 bits per heavy atom. The van der Waals surface area contributed by atoms with Crippen LogP contribution in [0.5, 0.6) is 5.75 Å². The molecule has 0 aliphatic rings. The van der Waals surface area contributed by atoms with Gasteiger partial charge in [0.2, 0.25) is 0 Å². The summed E-state index contributed by atoms with van der Waals surface area (Å²) in [4.78, 5) is 12.2. The van der Waals surface area contributed by atoms with Crippen LogP contribution in [0.2, 0.25) is 0 Å². The molecular weight excluding hydrogens is 324 g/mol. The topological polar surface area (TPSA) is 64.3 Å². The Bertz CT molecular complexity index is 906. The van der Waals surface area contributed by atoms with E-state index in [-0.39, 0.29) is 5.91 Å². The maximum absolute atomic E-state index is 12.2. The summed E-state index contributed by atoms with van der Waals surface area (Å²) in [7, 11) is 0. The highest BCUT2D eigenvalue weighted by molar-refractivity contribution is 5.98. The van der Waals surface area contributed by atoms with E-state index in [2.05, 4.69) is 24.4 Å². The average Bonchev–Trinajstić information content (AvgIpc) is 2.65. The molecule has 0 saturated carbocycles. The van der Waals surface area contributed by atoms with Gasteiger partial charge in [0.05, 0.1) is 5.56 Å². The van der Waals surface area contributed by atoms with Gasteiger partial charge in [-0.05, 0) is 42.3 Å². The van der Waals surface area contributed by atoms with Crippen molar-refractivity contribution in [1.82, 2.24) is 5.32 Å². The molecule has 4 nitrogen and oxygen atoms in total. The summed E-state index contributed by atoms with van der Waals surface area (Å²) in [5, 5.41) is 2.89. The van der Waals surface area contributed by atoms with Crippen molar-refractivity contribution in [2.24, 2.45) is 0 Å². The van der Waals surface area contributed by atoms with E-state index in [9.17, 15) is 4.79 Å². The van der Waals surface area contributed by atoms with E-state index >= 15 is 0 Å². The van der Waals surface area contributed by atoms with Gasteiger partial charge in [0.25, 0.3) is 5.91 Å². The molecule has 0 aliphatic carbocycles. The Labute approximate surface area is 153 Å². The molecule has 132 valence electrons. The van der Waals surface area contributed by atoms with E-state index in [1.807, 2.05) is 36.4 Å². The second kappa shape index (κ2) is 8.21. The number of hydrogen-bond acceptors (Lipinski definition) is 3. The molecule has 3 N–H and O–H groups in total. The van der Waals surface area contributed by atoms with Crippen molar-refractivity contribution in [2.45, 2.75) is 20.1 Å². The number of carbonyl (C=O) groups is 1. The number of para-hydroxylation sites is 1. The van der Waals surface area contributed by atoms with Gasteiger partial charge >= 0.3 is 0 Å². The molecule has 0 aliphatic heterocycles. The fourth-order valence-corrected chi connectivity index (χ4v) is 2.70. The Morgan fingerprint density at radius 1 is 0.962 bits per heavy atom. The summed E-state index contributed by atoms with van der Waals surface area (Å²) >= 11 is 0. The molecule has 0 unspecified atom stereocenters. The van der Waals surface area contributed by atoms with Crippen molar-refractivity contribution in [3.05, 3.63) is 95.1 Å². The molecule has 3 aromatic carbocycles. The summed E-state index contributed by atoms with van der Waals surface area (Å²) in [5.74, 6) is 0.590. The van der Waals surface area contributed by atoms with Gasteiger partial charge in [-0.2, -0.15) is 0 Å². The summed E-state index contributed by atoms with van der Waals surface area (Å²) in [6.07, 6.45) is 0. The Kier molecular flexibility index (Phi) is 5.54. The third-order valence-electron chi connectivity index (χ3n) is 4.04. The van der Waals surface area contributed by atoms with Crippen LogP contribution in [0.25, 0.3) is 0 Å². The lowest BCUT2D eigenvalue weighted by atomic mass is 10.1. The molecular formula is C22H22N2O2. The van der Waals surface area contributed by atoms with E-state index in [0.717, 1.165) is 16.9 Å². The fraction of sp³-hybridized carbons (Fsp3) is 0.136. The van der Waals surface area contributed by atoms with Gasteiger partial charge in [-0.3, -0.25) is 4.79 Å². The normalized spacial score (nSPS) is 10.3. The molecule has 3 rings (SSSR count). The van der Waals surface area contributed by atoms with Crippen LogP contribution >= 0.6 is 0 Å². The van der Waals surface area contributed by atoms with E-state index in [1.54, 1.807) is 24.3 Å². The van der Waals surface area contributed by atoms with Gasteiger partial charge in [-0.1, -0.05) is 54.1 Å². The third kappa shape index (κ3) is 4.63. The van der Waals surface area contributed by atoms with Crippen LogP contribution in [-0.4, -0.2) is 5.91 Å². The predicted molar refractivity (Wildman–Crippen MR) is 104 cm³/mol. The quantitative estimate of drug-likeness (QED) is 0.661.